The van der Waals surface area contributed by atoms with Gasteiger partial charge in [0.1, 0.15) is 5.60 Å². The minimum Gasteiger partial charge on any atom is -0.444 e. The Kier molecular flexibility index (Phi) is 5.88. The molecule has 1 aliphatic rings. The maximum Gasteiger partial charge on any atom is 0.407 e. The Hall–Kier alpha value is -0.810. The maximum atomic E-state index is 11.4. The van der Waals surface area contributed by atoms with E-state index in [-0.39, 0.29) is 12.7 Å². The molecule has 0 radical (unpaired) electrons. The van der Waals surface area contributed by atoms with E-state index < -0.39 is 5.60 Å². The summed E-state index contributed by atoms with van der Waals surface area (Å²) in [5.41, 5.74) is -0.447. The molecule has 0 saturated carbocycles. The van der Waals surface area contributed by atoms with Crippen molar-refractivity contribution in [3.05, 3.63) is 0 Å². The van der Waals surface area contributed by atoms with Crippen LogP contribution in [0.3, 0.4) is 0 Å². The maximum absolute atomic E-state index is 11.4. The first-order valence-electron chi connectivity index (χ1n) is 6.71. The summed E-state index contributed by atoms with van der Waals surface area (Å²) >= 11 is 0. The normalized spacial score (nSPS) is 21.7. The number of amides is 1. The van der Waals surface area contributed by atoms with Gasteiger partial charge in [0.25, 0.3) is 0 Å². The molecule has 0 aromatic carbocycles. The van der Waals surface area contributed by atoms with Crippen molar-refractivity contribution < 1.29 is 14.6 Å². The number of hydrogen-bond acceptors (Lipinski definition) is 4. The smallest absolute Gasteiger partial charge is 0.407 e. The van der Waals surface area contributed by atoms with E-state index in [2.05, 4.69) is 10.2 Å². The number of rotatable bonds is 4. The lowest BCUT2D eigenvalue weighted by Crippen LogP contribution is -2.42. The molecule has 1 saturated heterocycles. The van der Waals surface area contributed by atoms with E-state index in [1.165, 1.54) is 0 Å². The molecule has 5 nitrogen and oxygen atoms in total. The lowest BCUT2D eigenvalue weighted by Gasteiger charge is -2.31. The standard InChI is InChI=1S/C13H26N2O3/c1-13(2,3)18-12(17)14-6-8-15-7-4-5-11(9-15)10-16/h11,16H,4-10H2,1-3H3,(H,14,17). The zero-order chi connectivity index (χ0) is 13.6. The molecule has 2 N–H and O–H groups in total. The molecule has 106 valence electrons. The first kappa shape index (κ1) is 15.2. The number of ether oxygens (including phenoxy) is 1. The van der Waals surface area contributed by atoms with E-state index in [1.54, 1.807) is 0 Å². The Bertz CT molecular complexity index is 263. The van der Waals surface area contributed by atoms with Crippen molar-refractivity contribution in [3.63, 3.8) is 0 Å². The number of carbonyl (C=O) groups excluding carboxylic acids is 1. The summed E-state index contributed by atoms with van der Waals surface area (Å²) in [4.78, 5) is 13.7. The summed E-state index contributed by atoms with van der Waals surface area (Å²) in [6.07, 6.45) is 1.86. The lowest BCUT2D eigenvalue weighted by atomic mass is 9.99. The number of likely N-dealkylation sites (tertiary alicyclic amines) is 1. The molecule has 1 amide bonds. The fourth-order valence-electron chi connectivity index (χ4n) is 2.13. The largest absolute Gasteiger partial charge is 0.444 e. The predicted octanol–water partition coefficient (Wildman–Crippen LogP) is 1.22. The SMILES string of the molecule is CC(C)(C)OC(=O)NCCN1CCCC(CO)C1. The number of aliphatic hydroxyl groups excluding tert-OH is 1. The van der Waals surface area contributed by atoms with Crippen LogP contribution in [-0.4, -0.2) is 54.5 Å². The molecular formula is C13H26N2O3. The molecule has 1 heterocycles. The Labute approximate surface area is 109 Å². The fourth-order valence-corrected chi connectivity index (χ4v) is 2.13. The summed E-state index contributed by atoms with van der Waals surface area (Å²) in [6.45, 7) is 9.19. The van der Waals surface area contributed by atoms with Crippen LogP contribution in [0.5, 0.6) is 0 Å². The number of alkyl carbamates (subject to hydrolysis) is 1. The van der Waals surface area contributed by atoms with E-state index in [0.29, 0.717) is 12.5 Å². The molecule has 1 aliphatic heterocycles. The van der Waals surface area contributed by atoms with Gasteiger partial charge in [-0.1, -0.05) is 0 Å². The molecule has 0 aliphatic carbocycles. The van der Waals surface area contributed by atoms with Crippen LogP contribution >= 0.6 is 0 Å². The van der Waals surface area contributed by atoms with Crippen molar-refractivity contribution in [2.24, 2.45) is 5.92 Å². The molecule has 0 aromatic heterocycles. The van der Waals surface area contributed by atoms with E-state index in [0.717, 1.165) is 32.5 Å². The van der Waals surface area contributed by atoms with Crippen molar-refractivity contribution >= 4 is 6.09 Å². The fraction of sp³-hybridized carbons (Fsp3) is 0.923. The molecule has 0 bridgehead atoms. The minimum absolute atomic E-state index is 0.260. The Morgan fingerprint density at radius 2 is 2.22 bits per heavy atom. The van der Waals surface area contributed by atoms with Gasteiger partial charge in [-0.25, -0.2) is 4.79 Å². The first-order valence-corrected chi connectivity index (χ1v) is 6.71. The van der Waals surface area contributed by atoms with Crippen molar-refractivity contribution in [2.75, 3.05) is 32.8 Å². The molecule has 1 fully saturated rings. The van der Waals surface area contributed by atoms with E-state index >= 15 is 0 Å². The number of piperidine rings is 1. The highest BCUT2D eigenvalue weighted by Gasteiger charge is 2.19. The van der Waals surface area contributed by atoms with Gasteiger partial charge in [0.2, 0.25) is 0 Å². The van der Waals surface area contributed by atoms with Crippen LogP contribution in [0.4, 0.5) is 4.79 Å². The zero-order valence-corrected chi connectivity index (χ0v) is 11.7. The molecule has 0 spiro atoms. The number of carbonyl (C=O) groups is 1. The predicted molar refractivity (Wildman–Crippen MR) is 70.5 cm³/mol. The lowest BCUT2D eigenvalue weighted by molar-refractivity contribution is 0.0514. The van der Waals surface area contributed by atoms with Crippen molar-refractivity contribution in [1.82, 2.24) is 10.2 Å². The minimum atomic E-state index is -0.447. The van der Waals surface area contributed by atoms with Crippen molar-refractivity contribution in [2.45, 2.75) is 39.2 Å². The number of aliphatic hydroxyl groups is 1. The first-order chi connectivity index (χ1) is 8.40. The van der Waals surface area contributed by atoms with Crippen LogP contribution in [-0.2, 0) is 4.74 Å². The van der Waals surface area contributed by atoms with E-state index in [1.807, 2.05) is 20.8 Å². The third kappa shape index (κ3) is 6.21. The van der Waals surface area contributed by atoms with Crippen LogP contribution in [0.15, 0.2) is 0 Å². The summed E-state index contributed by atoms with van der Waals surface area (Å²) in [6, 6.07) is 0. The number of nitrogens with zero attached hydrogens (tertiary/aromatic N) is 1. The van der Waals surface area contributed by atoms with Gasteiger partial charge in [-0.05, 0) is 46.1 Å². The van der Waals surface area contributed by atoms with Gasteiger partial charge in [-0.15, -0.1) is 0 Å². The summed E-state index contributed by atoms with van der Waals surface area (Å²) < 4.78 is 5.16. The van der Waals surface area contributed by atoms with Gasteiger partial charge in [0, 0.05) is 26.2 Å². The van der Waals surface area contributed by atoms with Crippen LogP contribution in [0.2, 0.25) is 0 Å². The third-order valence-electron chi connectivity index (χ3n) is 2.96. The van der Waals surface area contributed by atoms with Gasteiger partial charge in [0.05, 0.1) is 0 Å². The quantitative estimate of drug-likeness (QED) is 0.796. The molecular weight excluding hydrogens is 232 g/mol. The van der Waals surface area contributed by atoms with Crippen LogP contribution in [0.25, 0.3) is 0 Å². The zero-order valence-electron chi connectivity index (χ0n) is 11.7. The van der Waals surface area contributed by atoms with E-state index in [4.69, 9.17) is 9.84 Å². The molecule has 5 heteroatoms. The van der Waals surface area contributed by atoms with Gasteiger partial charge in [-0.2, -0.15) is 0 Å². The Morgan fingerprint density at radius 3 is 2.83 bits per heavy atom. The summed E-state index contributed by atoms with van der Waals surface area (Å²) in [5, 5.41) is 11.9. The highest BCUT2D eigenvalue weighted by molar-refractivity contribution is 5.67. The van der Waals surface area contributed by atoms with Gasteiger partial charge < -0.3 is 20.1 Å². The number of nitrogens with one attached hydrogen (secondary N) is 1. The highest BCUT2D eigenvalue weighted by Crippen LogP contribution is 2.14. The van der Waals surface area contributed by atoms with Gasteiger partial charge in [0.15, 0.2) is 0 Å². The van der Waals surface area contributed by atoms with Crippen molar-refractivity contribution in [1.29, 1.82) is 0 Å². The topological polar surface area (TPSA) is 61.8 Å². The second kappa shape index (κ2) is 6.95. The Morgan fingerprint density at radius 1 is 1.50 bits per heavy atom. The molecule has 1 rings (SSSR count). The van der Waals surface area contributed by atoms with Crippen LogP contribution < -0.4 is 5.32 Å². The molecule has 1 unspecified atom stereocenters. The second-order valence-corrected chi connectivity index (χ2v) is 5.92. The second-order valence-electron chi connectivity index (χ2n) is 5.92. The van der Waals surface area contributed by atoms with Crippen LogP contribution in [0, 0.1) is 5.92 Å². The molecule has 0 aromatic rings. The van der Waals surface area contributed by atoms with E-state index in [9.17, 15) is 4.79 Å². The Balaban J connectivity index is 2.15. The monoisotopic (exact) mass is 258 g/mol. The molecule has 18 heavy (non-hydrogen) atoms. The summed E-state index contributed by atoms with van der Waals surface area (Å²) in [7, 11) is 0. The highest BCUT2D eigenvalue weighted by atomic mass is 16.6. The van der Waals surface area contributed by atoms with Gasteiger partial charge >= 0.3 is 6.09 Å². The van der Waals surface area contributed by atoms with Crippen LogP contribution in [0.1, 0.15) is 33.6 Å². The number of hydrogen-bond donors (Lipinski definition) is 2. The third-order valence-corrected chi connectivity index (χ3v) is 2.96. The summed E-state index contributed by atoms with van der Waals surface area (Å²) in [5.74, 6) is 0.389. The van der Waals surface area contributed by atoms with Gasteiger partial charge in [-0.3, -0.25) is 0 Å². The average molecular weight is 258 g/mol. The average Bonchev–Trinajstić information content (AvgIpc) is 2.27. The van der Waals surface area contributed by atoms with Crippen molar-refractivity contribution in [3.8, 4) is 0 Å². The molecule has 1 atom stereocenters.